The van der Waals surface area contributed by atoms with Crippen molar-refractivity contribution < 1.29 is 13.6 Å². The Morgan fingerprint density at radius 3 is 2.00 bits per heavy atom. The second kappa shape index (κ2) is 7.91. The van der Waals surface area contributed by atoms with Crippen molar-refractivity contribution in [3.63, 3.8) is 0 Å². The molecule has 80 valence electrons. The van der Waals surface area contributed by atoms with Crippen LogP contribution in [-0.2, 0) is 4.79 Å². The van der Waals surface area contributed by atoms with Crippen molar-refractivity contribution in [3.8, 4) is 0 Å². The fourth-order valence-corrected chi connectivity index (χ4v) is 0.256. The highest BCUT2D eigenvalue weighted by Gasteiger charge is 2.15. The molecule has 0 heterocycles. The van der Waals surface area contributed by atoms with Gasteiger partial charge in [0.1, 0.15) is 0 Å². The van der Waals surface area contributed by atoms with Crippen LogP contribution in [0.3, 0.4) is 0 Å². The molecule has 0 aliphatic rings. The molecule has 3 N–H and O–H groups in total. The van der Waals surface area contributed by atoms with Crippen LogP contribution in [0.5, 0.6) is 0 Å². The summed E-state index contributed by atoms with van der Waals surface area (Å²) in [7, 11) is 1.60. The van der Waals surface area contributed by atoms with Gasteiger partial charge in [-0.1, -0.05) is 6.92 Å². The van der Waals surface area contributed by atoms with E-state index in [1.807, 2.05) is 0 Å². The molecule has 0 saturated carbocycles. The van der Waals surface area contributed by atoms with Crippen LogP contribution >= 0.6 is 0 Å². The smallest absolute Gasteiger partial charge is 0.245 e. The standard InChI is InChI=1S/C4H8F2.C4H10N2O/c1-3-4(2,5)6;1-6-4(7)2-3-5/h3H2,1-2H3;2-3,5H2,1H3,(H,6,7). The van der Waals surface area contributed by atoms with Gasteiger partial charge in [0.25, 0.3) is 0 Å². The highest BCUT2D eigenvalue weighted by molar-refractivity contribution is 5.75. The van der Waals surface area contributed by atoms with Crippen LogP contribution in [0.1, 0.15) is 26.7 Å². The molecule has 0 aliphatic carbocycles. The molecule has 0 unspecified atom stereocenters. The molecular formula is C8H18F2N2O. The molecule has 0 saturated heterocycles. The van der Waals surface area contributed by atoms with Gasteiger partial charge in [0.2, 0.25) is 11.8 Å². The van der Waals surface area contributed by atoms with Gasteiger partial charge in [0, 0.05) is 26.4 Å². The van der Waals surface area contributed by atoms with Crippen LogP contribution in [0.15, 0.2) is 0 Å². The number of carbonyl (C=O) groups excluding carboxylic acids is 1. The molecule has 0 radical (unpaired) electrons. The average Bonchev–Trinajstić information content (AvgIpc) is 2.05. The number of nitrogens with one attached hydrogen (secondary N) is 1. The third-order valence-electron chi connectivity index (χ3n) is 1.27. The van der Waals surface area contributed by atoms with Crippen LogP contribution in [0.25, 0.3) is 0 Å². The molecule has 0 aromatic heterocycles. The largest absolute Gasteiger partial charge is 0.359 e. The molecule has 13 heavy (non-hydrogen) atoms. The van der Waals surface area contributed by atoms with Gasteiger partial charge in [-0.05, 0) is 6.92 Å². The van der Waals surface area contributed by atoms with Crippen LogP contribution in [0, 0.1) is 0 Å². The van der Waals surface area contributed by atoms with E-state index in [0.29, 0.717) is 13.0 Å². The van der Waals surface area contributed by atoms with E-state index in [1.165, 1.54) is 6.92 Å². The summed E-state index contributed by atoms with van der Waals surface area (Å²) in [6.07, 6.45) is 0.365. The van der Waals surface area contributed by atoms with Crippen molar-refractivity contribution in [1.82, 2.24) is 5.32 Å². The van der Waals surface area contributed by atoms with Crippen molar-refractivity contribution in [2.45, 2.75) is 32.6 Å². The topological polar surface area (TPSA) is 55.1 Å². The van der Waals surface area contributed by atoms with E-state index in [9.17, 15) is 13.6 Å². The number of rotatable bonds is 3. The molecular weight excluding hydrogens is 178 g/mol. The number of hydrogen-bond acceptors (Lipinski definition) is 2. The van der Waals surface area contributed by atoms with Crippen LogP contribution in [-0.4, -0.2) is 25.4 Å². The van der Waals surface area contributed by atoms with Crippen molar-refractivity contribution in [1.29, 1.82) is 0 Å². The molecule has 0 aliphatic heterocycles. The number of hydrogen-bond donors (Lipinski definition) is 2. The predicted octanol–water partition coefficient (Wildman–Crippen LogP) is 1.13. The summed E-state index contributed by atoms with van der Waals surface area (Å²) < 4.78 is 22.9. The summed E-state index contributed by atoms with van der Waals surface area (Å²) in [5.41, 5.74) is 5.04. The Morgan fingerprint density at radius 1 is 1.54 bits per heavy atom. The van der Waals surface area contributed by atoms with Gasteiger partial charge in [-0.3, -0.25) is 4.79 Å². The third kappa shape index (κ3) is 18.3. The SMILES string of the molecule is CCC(C)(F)F.CNC(=O)CCN. The van der Waals surface area contributed by atoms with E-state index < -0.39 is 5.92 Å². The molecule has 0 bridgehead atoms. The first kappa shape index (κ1) is 14.8. The quantitative estimate of drug-likeness (QED) is 0.711. The second-order valence-electron chi connectivity index (χ2n) is 2.64. The normalized spacial score (nSPS) is 10.0. The van der Waals surface area contributed by atoms with Crippen molar-refractivity contribution in [2.24, 2.45) is 5.73 Å². The molecule has 5 heteroatoms. The second-order valence-corrected chi connectivity index (χ2v) is 2.64. The molecule has 0 aromatic carbocycles. The molecule has 0 fully saturated rings. The molecule has 0 rings (SSSR count). The first-order valence-electron chi connectivity index (χ1n) is 4.15. The van der Waals surface area contributed by atoms with E-state index in [-0.39, 0.29) is 12.3 Å². The lowest BCUT2D eigenvalue weighted by atomic mass is 10.3. The van der Waals surface area contributed by atoms with E-state index in [0.717, 1.165) is 6.92 Å². The van der Waals surface area contributed by atoms with E-state index in [1.54, 1.807) is 7.05 Å². The van der Waals surface area contributed by atoms with Gasteiger partial charge in [-0.15, -0.1) is 0 Å². The minimum Gasteiger partial charge on any atom is -0.359 e. The fraction of sp³-hybridized carbons (Fsp3) is 0.875. The van der Waals surface area contributed by atoms with Gasteiger partial charge >= 0.3 is 0 Å². The molecule has 3 nitrogen and oxygen atoms in total. The Labute approximate surface area is 77.7 Å². The van der Waals surface area contributed by atoms with Crippen molar-refractivity contribution in [2.75, 3.05) is 13.6 Å². The number of alkyl halides is 2. The molecule has 1 amide bonds. The Balaban J connectivity index is 0. The van der Waals surface area contributed by atoms with Gasteiger partial charge < -0.3 is 11.1 Å². The van der Waals surface area contributed by atoms with Gasteiger partial charge in [-0.2, -0.15) is 0 Å². The minimum absolute atomic E-state index is 0.00231. The maximum atomic E-state index is 11.5. The number of nitrogens with two attached hydrogens (primary N) is 1. The van der Waals surface area contributed by atoms with E-state index in [2.05, 4.69) is 5.32 Å². The summed E-state index contributed by atoms with van der Waals surface area (Å²) in [5, 5.41) is 2.45. The van der Waals surface area contributed by atoms with Crippen LogP contribution in [0.4, 0.5) is 8.78 Å². The molecule has 0 spiro atoms. The lowest BCUT2D eigenvalue weighted by molar-refractivity contribution is -0.120. The molecule has 0 aromatic rings. The zero-order valence-electron chi connectivity index (χ0n) is 8.36. The van der Waals surface area contributed by atoms with Crippen LogP contribution in [0.2, 0.25) is 0 Å². The average molecular weight is 196 g/mol. The highest BCUT2D eigenvalue weighted by Crippen LogP contribution is 2.14. The fourth-order valence-electron chi connectivity index (χ4n) is 0.256. The Hall–Kier alpha value is -0.710. The number of carbonyl (C=O) groups is 1. The van der Waals surface area contributed by atoms with Gasteiger partial charge in [0.15, 0.2) is 0 Å². The van der Waals surface area contributed by atoms with Gasteiger partial charge in [0.05, 0.1) is 0 Å². The lowest BCUT2D eigenvalue weighted by Gasteiger charge is -2.02. The predicted molar refractivity (Wildman–Crippen MR) is 48.7 cm³/mol. The summed E-state index contributed by atoms with van der Waals surface area (Å²) in [4.78, 5) is 10.2. The monoisotopic (exact) mass is 196 g/mol. The summed E-state index contributed by atoms with van der Waals surface area (Å²) in [6, 6.07) is 0. The van der Waals surface area contributed by atoms with Crippen molar-refractivity contribution in [3.05, 3.63) is 0 Å². The summed E-state index contributed by atoms with van der Waals surface area (Å²) >= 11 is 0. The Bertz CT molecular complexity index is 135. The highest BCUT2D eigenvalue weighted by atomic mass is 19.3. The van der Waals surface area contributed by atoms with E-state index >= 15 is 0 Å². The Kier molecular flexibility index (Phi) is 9.01. The summed E-state index contributed by atoms with van der Waals surface area (Å²) in [5.74, 6) is -2.46. The van der Waals surface area contributed by atoms with Crippen molar-refractivity contribution >= 4 is 5.91 Å². The maximum absolute atomic E-state index is 11.5. The Morgan fingerprint density at radius 2 is 1.92 bits per heavy atom. The zero-order valence-corrected chi connectivity index (χ0v) is 8.36. The lowest BCUT2D eigenvalue weighted by Crippen LogP contribution is -2.20. The van der Waals surface area contributed by atoms with Crippen LogP contribution < -0.4 is 11.1 Å². The maximum Gasteiger partial charge on any atom is 0.245 e. The first-order valence-corrected chi connectivity index (χ1v) is 4.15. The molecule has 0 atom stereocenters. The minimum atomic E-state index is -2.46. The first-order chi connectivity index (χ1) is 5.87. The third-order valence-corrected chi connectivity index (χ3v) is 1.27. The van der Waals surface area contributed by atoms with Gasteiger partial charge in [-0.25, -0.2) is 8.78 Å². The zero-order chi connectivity index (χ0) is 10.9. The van der Waals surface area contributed by atoms with E-state index in [4.69, 9.17) is 5.73 Å². The summed E-state index contributed by atoms with van der Waals surface area (Å²) in [6.45, 7) is 2.80. The number of amides is 1. The number of halogens is 2.